The Bertz CT molecular complexity index is 435. The van der Waals surface area contributed by atoms with Crippen LogP contribution < -0.4 is 10.2 Å². The zero-order valence-corrected chi connectivity index (χ0v) is 11.2. The topological polar surface area (TPSA) is 15.3 Å². The number of nitrogens with zero attached hydrogens (tertiary/aromatic N) is 1. The smallest absolute Gasteiger partial charge is 0.377 e. The summed E-state index contributed by atoms with van der Waals surface area (Å²) in [5.41, 5.74) is 1.03. The van der Waals surface area contributed by atoms with E-state index in [0.29, 0.717) is 0 Å². The van der Waals surface area contributed by atoms with Gasteiger partial charge in [-0.3, -0.25) is 0 Å². The molecule has 1 aliphatic rings. The van der Waals surface area contributed by atoms with Crippen LogP contribution in [0.1, 0.15) is 36.4 Å². The molecule has 2 nitrogen and oxygen atoms in total. The van der Waals surface area contributed by atoms with Crippen molar-refractivity contribution in [1.29, 1.82) is 0 Å². The van der Waals surface area contributed by atoms with Crippen LogP contribution in [0, 0.1) is 0 Å². The lowest BCUT2D eigenvalue weighted by Gasteiger charge is -2.29. The number of benzene rings is 1. The molecule has 1 aromatic rings. The van der Waals surface area contributed by atoms with Crippen LogP contribution in [-0.2, 0) is 6.18 Å². The van der Waals surface area contributed by atoms with Gasteiger partial charge in [-0.15, -0.1) is 0 Å². The van der Waals surface area contributed by atoms with E-state index in [1.54, 1.807) is 6.07 Å². The van der Waals surface area contributed by atoms with Crippen LogP contribution in [0.15, 0.2) is 18.2 Å². The number of rotatable bonds is 2. The van der Waals surface area contributed by atoms with Crippen LogP contribution in [0.2, 0.25) is 0 Å². The highest BCUT2D eigenvalue weighted by Gasteiger charge is 2.32. The average molecular weight is 272 g/mol. The van der Waals surface area contributed by atoms with Gasteiger partial charge in [-0.2, -0.15) is 13.2 Å². The molecule has 1 heterocycles. The Labute approximate surface area is 111 Å². The first-order chi connectivity index (χ1) is 8.89. The maximum absolute atomic E-state index is 12.8. The Balaban J connectivity index is 2.41. The van der Waals surface area contributed by atoms with E-state index in [0.717, 1.165) is 43.1 Å². The third-order valence-corrected chi connectivity index (χ3v) is 3.52. The van der Waals surface area contributed by atoms with Gasteiger partial charge in [0.2, 0.25) is 0 Å². The molecule has 0 saturated carbocycles. The largest absolute Gasteiger partial charge is 0.416 e. The molecule has 1 aromatic carbocycles. The van der Waals surface area contributed by atoms with Gasteiger partial charge in [-0.25, -0.2) is 0 Å². The SMILES string of the molecule is CN(C)c1ccc(C(F)(F)F)cc1C1CCCCN1. The van der Waals surface area contributed by atoms with Crippen molar-refractivity contribution in [2.24, 2.45) is 0 Å². The lowest BCUT2D eigenvalue weighted by Crippen LogP contribution is -2.28. The van der Waals surface area contributed by atoms with Gasteiger partial charge in [-0.1, -0.05) is 6.42 Å². The standard InChI is InChI=1S/C14H19F3N2/c1-19(2)13-7-6-10(14(15,16)17)9-11(13)12-5-3-4-8-18-12/h6-7,9,12,18H,3-5,8H2,1-2H3. The number of piperidine rings is 1. The van der Waals surface area contributed by atoms with E-state index in [2.05, 4.69) is 5.32 Å². The molecule has 1 aliphatic heterocycles. The van der Waals surface area contributed by atoms with Gasteiger partial charge in [0.05, 0.1) is 5.56 Å². The molecular weight excluding hydrogens is 253 g/mol. The van der Waals surface area contributed by atoms with E-state index in [9.17, 15) is 13.2 Å². The first-order valence-corrected chi connectivity index (χ1v) is 6.51. The molecule has 0 aliphatic carbocycles. The number of halogens is 3. The Kier molecular flexibility index (Phi) is 4.04. The van der Waals surface area contributed by atoms with Gasteiger partial charge < -0.3 is 10.2 Å². The number of hydrogen-bond acceptors (Lipinski definition) is 2. The molecule has 1 unspecified atom stereocenters. The summed E-state index contributed by atoms with van der Waals surface area (Å²) < 4.78 is 38.5. The van der Waals surface area contributed by atoms with Gasteiger partial charge in [0, 0.05) is 25.8 Å². The van der Waals surface area contributed by atoms with Crippen molar-refractivity contribution in [3.8, 4) is 0 Å². The summed E-state index contributed by atoms with van der Waals surface area (Å²) in [6.07, 6.45) is -1.25. The molecule has 19 heavy (non-hydrogen) atoms. The third kappa shape index (κ3) is 3.21. The summed E-state index contributed by atoms with van der Waals surface area (Å²) in [6, 6.07) is 4.03. The van der Waals surface area contributed by atoms with E-state index >= 15 is 0 Å². The molecule has 1 fully saturated rings. The summed E-state index contributed by atoms with van der Waals surface area (Å²) in [4.78, 5) is 1.87. The minimum atomic E-state index is -4.28. The van der Waals surface area contributed by atoms with Crippen LogP contribution in [0.3, 0.4) is 0 Å². The maximum Gasteiger partial charge on any atom is 0.416 e. The number of alkyl halides is 3. The fourth-order valence-electron chi connectivity index (χ4n) is 2.53. The second kappa shape index (κ2) is 5.41. The second-order valence-electron chi connectivity index (χ2n) is 5.17. The predicted octanol–water partition coefficient (Wildman–Crippen LogP) is 3.59. The maximum atomic E-state index is 12.8. The Morgan fingerprint density at radius 3 is 2.47 bits per heavy atom. The Morgan fingerprint density at radius 2 is 1.95 bits per heavy atom. The Morgan fingerprint density at radius 1 is 1.21 bits per heavy atom. The monoisotopic (exact) mass is 272 g/mol. The number of anilines is 1. The van der Waals surface area contributed by atoms with Crippen molar-refractivity contribution in [3.05, 3.63) is 29.3 Å². The zero-order chi connectivity index (χ0) is 14.0. The van der Waals surface area contributed by atoms with Crippen LogP contribution >= 0.6 is 0 Å². The van der Waals surface area contributed by atoms with Gasteiger partial charge in [0.1, 0.15) is 0 Å². The minimum Gasteiger partial charge on any atom is -0.377 e. The van der Waals surface area contributed by atoms with Crippen LogP contribution in [0.5, 0.6) is 0 Å². The van der Waals surface area contributed by atoms with E-state index < -0.39 is 11.7 Å². The van der Waals surface area contributed by atoms with Crippen molar-refractivity contribution in [2.45, 2.75) is 31.5 Å². The summed E-state index contributed by atoms with van der Waals surface area (Å²) in [6.45, 7) is 0.869. The van der Waals surface area contributed by atoms with Crippen molar-refractivity contribution < 1.29 is 13.2 Å². The first kappa shape index (κ1) is 14.2. The highest BCUT2D eigenvalue weighted by Crippen LogP contribution is 2.36. The van der Waals surface area contributed by atoms with Crippen LogP contribution in [0.25, 0.3) is 0 Å². The minimum absolute atomic E-state index is 0.0217. The van der Waals surface area contributed by atoms with Crippen LogP contribution in [0.4, 0.5) is 18.9 Å². The molecule has 5 heteroatoms. The van der Waals surface area contributed by atoms with Crippen molar-refractivity contribution in [3.63, 3.8) is 0 Å². The van der Waals surface area contributed by atoms with Crippen LogP contribution in [-0.4, -0.2) is 20.6 Å². The van der Waals surface area contributed by atoms with E-state index in [1.807, 2.05) is 19.0 Å². The number of hydrogen-bond donors (Lipinski definition) is 1. The van der Waals surface area contributed by atoms with E-state index in [-0.39, 0.29) is 6.04 Å². The molecule has 1 N–H and O–H groups in total. The summed E-state index contributed by atoms with van der Waals surface area (Å²) >= 11 is 0. The molecule has 2 rings (SSSR count). The third-order valence-electron chi connectivity index (χ3n) is 3.52. The average Bonchev–Trinajstić information content (AvgIpc) is 2.38. The fourth-order valence-corrected chi connectivity index (χ4v) is 2.53. The Hall–Kier alpha value is -1.23. The quantitative estimate of drug-likeness (QED) is 0.885. The number of nitrogens with one attached hydrogen (secondary N) is 1. The normalized spacial score (nSPS) is 20.4. The van der Waals surface area contributed by atoms with Crippen molar-refractivity contribution in [2.75, 3.05) is 25.5 Å². The molecule has 106 valence electrons. The summed E-state index contributed by atoms with van der Waals surface area (Å²) in [7, 11) is 3.71. The van der Waals surface area contributed by atoms with Gasteiger partial charge in [-0.05, 0) is 43.1 Å². The molecule has 1 atom stereocenters. The summed E-state index contributed by atoms with van der Waals surface area (Å²) in [5.74, 6) is 0. The molecule has 0 amide bonds. The lowest BCUT2D eigenvalue weighted by molar-refractivity contribution is -0.137. The van der Waals surface area contributed by atoms with E-state index in [4.69, 9.17) is 0 Å². The molecule has 1 saturated heterocycles. The molecule has 0 radical (unpaired) electrons. The van der Waals surface area contributed by atoms with Gasteiger partial charge >= 0.3 is 6.18 Å². The molecule has 0 aromatic heterocycles. The van der Waals surface area contributed by atoms with Gasteiger partial charge in [0.25, 0.3) is 0 Å². The lowest BCUT2D eigenvalue weighted by atomic mass is 9.94. The highest BCUT2D eigenvalue weighted by molar-refractivity contribution is 5.56. The predicted molar refractivity (Wildman–Crippen MR) is 70.4 cm³/mol. The van der Waals surface area contributed by atoms with Gasteiger partial charge in [0.15, 0.2) is 0 Å². The van der Waals surface area contributed by atoms with E-state index in [1.165, 1.54) is 6.07 Å². The van der Waals surface area contributed by atoms with Crippen molar-refractivity contribution >= 4 is 5.69 Å². The second-order valence-corrected chi connectivity index (χ2v) is 5.17. The first-order valence-electron chi connectivity index (χ1n) is 6.51. The molecule has 0 bridgehead atoms. The fraction of sp³-hybridized carbons (Fsp3) is 0.571. The molecular formula is C14H19F3N2. The van der Waals surface area contributed by atoms with Crippen molar-refractivity contribution in [1.82, 2.24) is 5.32 Å². The molecule has 0 spiro atoms. The zero-order valence-electron chi connectivity index (χ0n) is 11.2. The summed E-state index contributed by atoms with van der Waals surface area (Å²) in [5, 5.41) is 3.32. The highest BCUT2D eigenvalue weighted by atomic mass is 19.4.